The number of hydrogen-bond donors (Lipinski definition) is 1. The first-order chi connectivity index (χ1) is 9.72. The predicted octanol–water partition coefficient (Wildman–Crippen LogP) is 1.97. The Balaban J connectivity index is 2.97. The number of aryl methyl sites for hydroxylation is 1. The molecule has 1 aromatic carbocycles. The smallest absolute Gasteiger partial charge is 0.334 e. The third-order valence-electron chi connectivity index (χ3n) is 2.87. The lowest BCUT2D eigenvalue weighted by atomic mass is 10.0. The molecule has 1 atom stereocenters. The maximum atomic E-state index is 12.1. The Morgan fingerprint density at radius 2 is 1.95 bits per heavy atom. The Bertz CT molecular complexity index is 568. The van der Waals surface area contributed by atoms with Gasteiger partial charge in [0.2, 0.25) is 5.91 Å². The number of carbonyl (C=O) groups excluding carboxylic acids is 2. The van der Waals surface area contributed by atoms with Crippen molar-refractivity contribution in [1.82, 2.24) is 5.32 Å². The molecule has 0 spiro atoms. The first-order valence-corrected chi connectivity index (χ1v) is 6.46. The van der Waals surface area contributed by atoms with Gasteiger partial charge in [-0.1, -0.05) is 13.8 Å². The summed E-state index contributed by atoms with van der Waals surface area (Å²) in [7, 11) is 0. The molecular weight excluding hydrogens is 276 g/mol. The number of non-ortho nitro benzene ring substituents is 1. The molecule has 0 saturated heterocycles. The van der Waals surface area contributed by atoms with Crippen LogP contribution in [0.2, 0.25) is 0 Å². The Morgan fingerprint density at radius 1 is 1.33 bits per heavy atom. The number of ether oxygens (including phenoxy) is 1. The zero-order chi connectivity index (χ0) is 16.2. The van der Waals surface area contributed by atoms with Crippen molar-refractivity contribution in [2.24, 2.45) is 5.92 Å². The zero-order valence-electron chi connectivity index (χ0n) is 12.4. The van der Waals surface area contributed by atoms with Crippen LogP contribution in [0, 0.1) is 23.0 Å². The summed E-state index contributed by atoms with van der Waals surface area (Å²) < 4.78 is 5.20. The summed E-state index contributed by atoms with van der Waals surface area (Å²) in [5.74, 6) is -1.05. The summed E-state index contributed by atoms with van der Waals surface area (Å²) in [6.45, 7) is 6.51. The standard InChI is InChI=1S/C14H18N2O5/c1-8(2)13(15-10(4)17)14(18)21-12-7-11(16(19)20)6-5-9(12)3/h5-8,13H,1-4H3,(H,15,17). The molecule has 0 saturated carbocycles. The van der Waals surface area contributed by atoms with E-state index in [1.807, 2.05) is 0 Å². The van der Waals surface area contributed by atoms with Gasteiger partial charge in [-0.25, -0.2) is 4.79 Å². The second-order valence-corrected chi connectivity index (χ2v) is 5.05. The summed E-state index contributed by atoms with van der Waals surface area (Å²) in [5, 5.41) is 13.3. The number of nitrogens with zero attached hydrogens (tertiary/aromatic N) is 1. The lowest BCUT2D eigenvalue weighted by molar-refractivity contribution is -0.384. The molecule has 7 nitrogen and oxygen atoms in total. The minimum Gasteiger partial charge on any atom is -0.424 e. The summed E-state index contributed by atoms with van der Waals surface area (Å²) in [6.07, 6.45) is 0. The largest absolute Gasteiger partial charge is 0.424 e. The van der Waals surface area contributed by atoms with Crippen LogP contribution in [-0.2, 0) is 9.59 Å². The number of hydrogen-bond acceptors (Lipinski definition) is 5. The van der Waals surface area contributed by atoms with Crippen molar-refractivity contribution in [3.05, 3.63) is 33.9 Å². The predicted molar refractivity (Wildman–Crippen MR) is 75.9 cm³/mol. The van der Waals surface area contributed by atoms with Gasteiger partial charge in [0.1, 0.15) is 11.8 Å². The van der Waals surface area contributed by atoms with E-state index >= 15 is 0 Å². The van der Waals surface area contributed by atoms with Crippen molar-refractivity contribution in [3.8, 4) is 5.75 Å². The van der Waals surface area contributed by atoms with Crippen LogP contribution < -0.4 is 10.1 Å². The van der Waals surface area contributed by atoms with Crippen LogP contribution in [0.15, 0.2) is 18.2 Å². The summed E-state index contributed by atoms with van der Waals surface area (Å²) in [5.41, 5.74) is 0.434. The van der Waals surface area contributed by atoms with E-state index in [0.717, 1.165) is 0 Å². The van der Waals surface area contributed by atoms with Gasteiger partial charge in [0.15, 0.2) is 0 Å². The van der Waals surface area contributed by atoms with Gasteiger partial charge in [-0.05, 0) is 24.5 Å². The minimum atomic E-state index is -0.804. The fourth-order valence-electron chi connectivity index (χ4n) is 1.70. The molecule has 0 aliphatic heterocycles. The fourth-order valence-corrected chi connectivity index (χ4v) is 1.70. The minimum absolute atomic E-state index is 0.116. The molecule has 0 aromatic heterocycles. The molecule has 0 aliphatic carbocycles. The van der Waals surface area contributed by atoms with E-state index in [2.05, 4.69) is 5.32 Å². The summed E-state index contributed by atoms with van der Waals surface area (Å²) >= 11 is 0. The van der Waals surface area contributed by atoms with Crippen molar-refractivity contribution in [2.75, 3.05) is 0 Å². The van der Waals surface area contributed by atoms with Crippen molar-refractivity contribution < 1.29 is 19.2 Å². The maximum absolute atomic E-state index is 12.1. The van der Waals surface area contributed by atoms with Gasteiger partial charge >= 0.3 is 5.97 Å². The number of esters is 1. The third-order valence-corrected chi connectivity index (χ3v) is 2.87. The SMILES string of the molecule is CC(=O)NC(C(=O)Oc1cc([N+](=O)[O-])ccc1C)C(C)C. The Hall–Kier alpha value is -2.44. The average Bonchev–Trinajstić information content (AvgIpc) is 2.37. The summed E-state index contributed by atoms with van der Waals surface area (Å²) in [4.78, 5) is 33.4. The van der Waals surface area contributed by atoms with Crippen molar-refractivity contribution in [2.45, 2.75) is 33.7 Å². The van der Waals surface area contributed by atoms with Crippen LogP contribution in [0.4, 0.5) is 5.69 Å². The highest BCUT2D eigenvalue weighted by Gasteiger charge is 2.26. The normalized spacial score (nSPS) is 11.9. The topological polar surface area (TPSA) is 98.5 Å². The van der Waals surface area contributed by atoms with Crippen LogP contribution >= 0.6 is 0 Å². The molecule has 1 unspecified atom stereocenters. The number of rotatable bonds is 5. The molecule has 1 rings (SSSR count). The monoisotopic (exact) mass is 294 g/mol. The Kier molecular flexibility index (Phi) is 5.40. The molecule has 1 amide bonds. The molecule has 1 aromatic rings. The number of nitro groups is 1. The van der Waals surface area contributed by atoms with Gasteiger partial charge in [0.05, 0.1) is 11.0 Å². The van der Waals surface area contributed by atoms with Crippen LogP contribution in [-0.4, -0.2) is 22.8 Å². The molecule has 114 valence electrons. The molecule has 21 heavy (non-hydrogen) atoms. The highest BCUT2D eigenvalue weighted by atomic mass is 16.6. The number of benzene rings is 1. The average molecular weight is 294 g/mol. The third kappa shape index (κ3) is 4.55. The van der Waals surface area contributed by atoms with Crippen molar-refractivity contribution >= 4 is 17.6 Å². The van der Waals surface area contributed by atoms with E-state index in [4.69, 9.17) is 4.74 Å². The van der Waals surface area contributed by atoms with Crippen LogP contribution in [0.5, 0.6) is 5.75 Å². The van der Waals surface area contributed by atoms with Crippen LogP contribution in [0.25, 0.3) is 0 Å². The second-order valence-electron chi connectivity index (χ2n) is 5.05. The van der Waals surface area contributed by atoms with Crippen LogP contribution in [0.1, 0.15) is 26.3 Å². The Labute approximate surface area is 122 Å². The fraction of sp³-hybridized carbons (Fsp3) is 0.429. The molecule has 1 N–H and O–H groups in total. The lowest BCUT2D eigenvalue weighted by Gasteiger charge is -2.20. The molecule has 0 radical (unpaired) electrons. The van der Waals surface area contributed by atoms with Gasteiger partial charge in [-0.3, -0.25) is 14.9 Å². The van der Waals surface area contributed by atoms with Gasteiger partial charge in [-0.15, -0.1) is 0 Å². The van der Waals surface area contributed by atoms with Gasteiger partial charge in [0.25, 0.3) is 5.69 Å². The first-order valence-electron chi connectivity index (χ1n) is 6.46. The van der Waals surface area contributed by atoms with Crippen molar-refractivity contribution in [3.63, 3.8) is 0 Å². The van der Waals surface area contributed by atoms with E-state index in [-0.39, 0.29) is 23.3 Å². The molecule has 0 fully saturated rings. The van der Waals surface area contributed by atoms with Gasteiger partial charge < -0.3 is 10.1 Å². The zero-order valence-corrected chi connectivity index (χ0v) is 12.4. The lowest BCUT2D eigenvalue weighted by Crippen LogP contribution is -2.45. The van der Waals surface area contributed by atoms with Gasteiger partial charge in [-0.2, -0.15) is 0 Å². The number of nitro benzene ring substituents is 1. The highest BCUT2D eigenvalue weighted by Crippen LogP contribution is 2.24. The maximum Gasteiger partial charge on any atom is 0.334 e. The number of amides is 1. The van der Waals surface area contributed by atoms with E-state index in [1.165, 1.54) is 25.1 Å². The first kappa shape index (κ1) is 16.6. The second kappa shape index (κ2) is 6.83. The van der Waals surface area contributed by atoms with Crippen LogP contribution in [0.3, 0.4) is 0 Å². The number of nitrogens with one attached hydrogen (secondary N) is 1. The van der Waals surface area contributed by atoms with Crippen molar-refractivity contribution in [1.29, 1.82) is 0 Å². The van der Waals surface area contributed by atoms with E-state index in [1.54, 1.807) is 20.8 Å². The number of carbonyl (C=O) groups is 2. The molecular formula is C14H18N2O5. The molecule has 0 aliphatic rings. The van der Waals surface area contributed by atoms with Gasteiger partial charge in [0, 0.05) is 13.0 Å². The molecule has 0 heterocycles. The highest BCUT2D eigenvalue weighted by molar-refractivity contribution is 5.85. The van der Waals surface area contributed by atoms with E-state index in [0.29, 0.717) is 5.56 Å². The molecule has 0 bridgehead atoms. The van der Waals surface area contributed by atoms with E-state index < -0.39 is 16.9 Å². The van der Waals surface area contributed by atoms with E-state index in [9.17, 15) is 19.7 Å². The quantitative estimate of drug-likeness (QED) is 0.387. The molecule has 7 heteroatoms. The Morgan fingerprint density at radius 3 is 2.43 bits per heavy atom. The summed E-state index contributed by atoms with van der Waals surface area (Å²) in [6, 6.07) is 3.23.